The van der Waals surface area contributed by atoms with Crippen LogP contribution in [0.1, 0.15) is 16.7 Å². The van der Waals surface area contributed by atoms with E-state index in [1.165, 1.54) is 5.56 Å². The highest BCUT2D eigenvalue weighted by atomic mass is 32.1. The Morgan fingerprint density at radius 1 is 1.19 bits per heavy atom. The van der Waals surface area contributed by atoms with Crippen molar-refractivity contribution in [1.82, 2.24) is 10.3 Å². The SMILES string of the molecule is N#Cc1cc(C=NNC(N)=S)ccc1N1CCN(Cc2ccccc2)CC1. The van der Waals surface area contributed by atoms with E-state index in [0.29, 0.717) is 5.56 Å². The fraction of sp³-hybridized carbons (Fsp3) is 0.250. The number of nitrogens with zero attached hydrogens (tertiary/aromatic N) is 4. The molecule has 2 aromatic rings. The van der Waals surface area contributed by atoms with Crippen LogP contribution in [0.4, 0.5) is 5.69 Å². The first-order chi connectivity index (χ1) is 13.2. The minimum atomic E-state index is 0.108. The van der Waals surface area contributed by atoms with E-state index in [9.17, 15) is 5.26 Å². The number of rotatable bonds is 5. The Labute approximate surface area is 164 Å². The predicted molar refractivity (Wildman–Crippen MR) is 113 cm³/mol. The minimum Gasteiger partial charge on any atom is -0.375 e. The number of anilines is 1. The number of benzene rings is 2. The van der Waals surface area contributed by atoms with Gasteiger partial charge in [-0.05, 0) is 35.5 Å². The Kier molecular flexibility index (Phi) is 6.36. The van der Waals surface area contributed by atoms with Crippen molar-refractivity contribution < 1.29 is 0 Å². The number of piperazine rings is 1. The summed E-state index contributed by atoms with van der Waals surface area (Å²) < 4.78 is 0. The Morgan fingerprint density at radius 2 is 1.93 bits per heavy atom. The Bertz CT molecular complexity index is 851. The molecule has 3 N–H and O–H groups in total. The molecule has 0 radical (unpaired) electrons. The zero-order valence-corrected chi connectivity index (χ0v) is 15.8. The third-order valence-electron chi connectivity index (χ3n) is 4.49. The van der Waals surface area contributed by atoms with E-state index in [1.54, 1.807) is 6.21 Å². The van der Waals surface area contributed by atoms with E-state index in [1.807, 2.05) is 24.3 Å². The molecular weight excluding hydrogens is 356 g/mol. The van der Waals surface area contributed by atoms with Crippen molar-refractivity contribution in [3.8, 4) is 6.07 Å². The quantitative estimate of drug-likeness (QED) is 0.471. The molecule has 1 aliphatic heterocycles. The normalized spacial score (nSPS) is 14.9. The van der Waals surface area contributed by atoms with Gasteiger partial charge in [0.1, 0.15) is 6.07 Å². The molecule has 0 atom stereocenters. The van der Waals surface area contributed by atoms with Gasteiger partial charge in [-0.15, -0.1) is 0 Å². The van der Waals surface area contributed by atoms with Gasteiger partial charge in [0.2, 0.25) is 0 Å². The predicted octanol–water partition coefficient (Wildman–Crippen LogP) is 2.05. The molecule has 0 bridgehead atoms. The van der Waals surface area contributed by atoms with Gasteiger partial charge in [0.25, 0.3) is 0 Å². The molecule has 1 fully saturated rings. The number of hydrogen-bond acceptors (Lipinski definition) is 5. The van der Waals surface area contributed by atoms with E-state index in [-0.39, 0.29) is 5.11 Å². The van der Waals surface area contributed by atoms with E-state index in [4.69, 9.17) is 18.0 Å². The van der Waals surface area contributed by atoms with Crippen LogP contribution in [0.25, 0.3) is 0 Å². The molecule has 1 saturated heterocycles. The number of hydrogen-bond donors (Lipinski definition) is 2. The number of nitriles is 1. The summed E-state index contributed by atoms with van der Waals surface area (Å²) in [5.74, 6) is 0. The summed E-state index contributed by atoms with van der Waals surface area (Å²) in [6, 6.07) is 18.6. The van der Waals surface area contributed by atoms with Crippen LogP contribution < -0.4 is 16.1 Å². The van der Waals surface area contributed by atoms with Crippen LogP contribution in [0, 0.1) is 11.3 Å². The summed E-state index contributed by atoms with van der Waals surface area (Å²) in [4.78, 5) is 4.72. The highest BCUT2D eigenvalue weighted by Gasteiger charge is 2.19. The Balaban J connectivity index is 1.62. The monoisotopic (exact) mass is 378 g/mol. The minimum absolute atomic E-state index is 0.108. The maximum absolute atomic E-state index is 9.55. The third kappa shape index (κ3) is 5.26. The first-order valence-corrected chi connectivity index (χ1v) is 9.20. The Morgan fingerprint density at radius 3 is 2.59 bits per heavy atom. The third-order valence-corrected chi connectivity index (χ3v) is 4.58. The van der Waals surface area contributed by atoms with Crippen LogP contribution in [0.5, 0.6) is 0 Å². The number of nitrogens with one attached hydrogen (secondary N) is 1. The standard InChI is InChI=1S/C20H22N6S/c21-13-18-12-17(14-23-24-20(22)27)6-7-19(18)26-10-8-25(9-11-26)15-16-4-2-1-3-5-16/h1-7,12,14H,8-11,15H2,(H3,22,24,27). The van der Waals surface area contributed by atoms with E-state index < -0.39 is 0 Å². The molecule has 2 aromatic carbocycles. The van der Waals surface area contributed by atoms with Crippen LogP contribution in [0.15, 0.2) is 53.6 Å². The summed E-state index contributed by atoms with van der Waals surface area (Å²) in [5, 5.41) is 13.6. The second kappa shape index (κ2) is 9.12. The molecule has 0 spiro atoms. The fourth-order valence-corrected chi connectivity index (χ4v) is 3.21. The van der Waals surface area contributed by atoms with Crippen molar-refractivity contribution in [2.45, 2.75) is 6.54 Å². The molecule has 0 amide bonds. The molecule has 0 aromatic heterocycles. The van der Waals surface area contributed by atoms with Gasteiger partial charge in [-0.2, -0.15) is 10.4 Å². The van der Waals surface area contributed by atoms with Crippen molar-refractivity contribution >= 4 is 29.2 Å². The van der Waals surface area contributed by atoms with Crippen LogP contribution >= 0.6 is 12.2 Å². The summed E-state index contributed by atoms with van der Waals surface area (Å²) in [5.41, 5.74) is 11.6. The zero-order valence-electron chi connectivity index (χ0n) is 15.0. The van der Waals surface area contributed by atoms with Crippen LogP contribution in [0.2, 0.25) is 0 Å². The number of hydrazone groups is 1. The molecule has 138 valence electrons. The van der Waals surface area contributed by atoms with Crippen molar-refractivity contribution in [1.29, 1.82) is 5.26 Å². The molecule has 3 rings (SSSR count). The van der Waals surface area contributed by atoms with Gasteiger partial charge < -0.3 is 10.6 Å². The average Bonchev–Trinajstić information content (AvgIpc) is 2.69. The lowest BCUT2D eigenvalue weighted by atomic mass is 10.1. The highest BCUT2D eigenvalue weighted by molar-refractivity contribution is 7.80. The first-order valence-electron chi connectivity index (χ1n) is 8.79. The molecule has 0 saturated carbocycles. The molecule has 6 nitrogen and oxygen atoms in total. The van der Waals surface area contributed by atoms with Gasteiger partial charge in [-0.25, -0.2) is 0 Å². The number of nitrogens with two attached hydrogens (primary N) is 1. The molecule has 1 heterocycles. The fourth-order valence-electron chi connectivity index (χ4n) is 3.16. The van der Waals surface area contributed by atoms with Gasteiger partial charge in [0.15, 0.2) is 5.11 Å². The molecule has 0 aliphatic carbocycles. The summed E-state index contributed by atoms with van der Waals surface area (Å²) in [6.07, 6.45) is 1.60. The maximum Gasteiger partial charge on any atom is 0.184 e. The smallest absolute Gasteiger partial charge is 0.184 e. The second-order valence-electron chi connectivity index (χ2n) is 6.37. The van der Waals surface area contributed by atoms with Gasteiger partial charge in [0, 0.05) is 32.7 Å². The van der Waals surface area contributed by atoms with Crippen LogP contribution in [-0.4, -0.2) is 42.4 Å². The lowest BCUT2D eigenvalue weighted by Crippen LogP contribution is -2.46. The molecule has 0 unspecified atom stereocenters. The van der Waals surface area contributed by atoms with Gasteiger partial charge >= 0.3 is 0 Å². The zero-order chi connectivity index (χ0) is 19.1. The largest absolute Gasteiger partial charge is 0.375 e. The first kappa shape index (κ1) is 18.8. The number of thiocarbonyl (C=S) groups is 1. The van der Waals surface area contributed by atoms with Gasteiger partial charge in [-0.1, -0.05) is 36.4 Å². The average molecular weight is 379 g/mol. The maximum atomic E-state index is 9.55. The topological polar surface area (TPSA) is 80.7 Å². The molecule has 1 aliphatic rings. The molecule has 27 heavy (non-hydrogen) atoms. The van der Waals surface area contributed by atoms with Crippen LogP contribution in [-0.2, 0) is 6.54 Å². The lowest BCUT2D eigenvalue weighted by Gasteiger charge is -2.36. The summed E-state index contributed by atoms with van der Waals surface area (Å²) in [7, 11) is 0. The van der Waals surface area contributed by atoms with Crippen LogP contribution in [0.3, 0.4) is 0 Å². The Hall–Kier alpha value is -2.95. The highest BCUT2D eigenvalue weighted by Crippen LogP contribution is 2.23. The van der Waals surface area contributed by atoms with Crippen molar-refractivity contribution in [3.63, 3.8) is 0 Å². The molecular formula is C20H22N6S. The summed E-state index contributed by atoms with van der Waals surface area (Å²) in [6.45, 7) is 4.71. The van der Waals surface area contributed by atoms with Gasteiger partial charge in [-0.3, -0.25) is 10.3 Å². The van der Waals surface area contributed by atoms with E-state index >= 15 is 0 Å². The van der Waals surface area contributed by atoms with E-state index in [0.717, 1.165) is 44.0 Å². The van der Waals surface area contributed by atoms with Gasteiger partial charge in [0.05, 0.1) is 17.5 Å². The molecule has 7 heteroatoms. The van der Waals surface area contributed by atoms with Crippen molar-refractivity contribution in [3.05, 3.63) is 65.2 Å². The second-order valence-corrected chi connectivity index (χ2v) is 6.81. The van der Waals surface area contributed by atoms with E-state index in [2.05, 4.69) is 50.7 Å². The summed E-state index contributed by atoms with van der Waals surface area (Å²) >= 11 is 4.71. The van der Waals surface area contributed by atoms with Crippen molar-refractivity contribution in [2.24, 2.45) is 10.8 Å². The van der Waals surface area contributed by atoms with Crippen molar-refractivity contribution in [2.75, 3.05) is 31.1 Å². The lowest BCUT2D eigenvalue weighted by molar-refractivity contribution is 0.250.